The lowest BCUT2D eigenvalue weighted by Gasteiger charge is -2.37. The molecule has 2 fully saturated rings. The maximum atomic E-state index is 12.8. The van der Waals surface area contributed by atoms with Crippen LogP contribution in [0.15, 0.2) is 18.3 Å². The van der Waals surface area contributed by atoms with E-state index < -0.39 is 5.95 Å². The molecule has 2 aliphatic rings. The molecule has 3 rings (SSSR count). The quantitative estimate of drug-likeness (QED) is 0.323. The molecular formula is C24H34FN. The summed E-state index contributed by atoms with van der Waals surface area (Å²) in [5.74, 6) is 9.61. The van der Waals surface area contributed by atoms with Crippen molar-refractivity contribution >= 4 is 0 Å². The van der Waals surface area contributed by atoms with Crippen molar-refractivity contribution in [2.24, 2.45) is 23.7 Å². The predicted molar refractivity (Wildman–Crippen MR) is 106 cm³/mol. The largest absolute Gasteiger partial charge is 0.227 e. The summed E-state index contributed by atoms with van der Waals surface area (Å²) in [6.45, 7) is 2.30. The molecule has 0 N–H and O–H groups in total. The fourth-order valence-electron chi connectivity index (χ4n) is 5.00. The number of halogens is 1. The number of rotatable bonds is 5. The SMILES string of the molecule is CCCCCC1CCC(C2CCC(C#Cc3ccc(F)nc3)CC2)CC1. The average Bonchev–Trinajstić information content (AvgIpc) is 2.69. The van der Waals surface area contributed by atoms with E-state index in [-0.39, 0.29) is 0 Å². The van der Waals surface area contributed by atoms with Crippen LogP contribution in [-0.2, 0) is 0 Å². The zero-order valence-electron chi connectivity index (χ0n) is 16.4. The van der Waals surface area contributed by atoms with Crippen molar-refractivity contribution in [3.8, 4) is 11.8 Å². The second-order valence-corrected chi connectivity index (χ2v) is 8.53. The highest BCUT2D eigenvalue weighted by Crippen LogP contribution is 2.42. The molecule has 2 aliphatic carbocycles. The van der Waals surface area contributed by atoms with Crippen molar-refractivity contribution in [3.63, 3.8) is 0 Å². The molecule has 0 saturated heterocycles. The van der Waals surface area contributed by atoms with Crippen LogP contribution in [0.2, 0.25) is 0 Å². The average molecular weight is 356 g/mol. The zero-order valence-corrected chi connectivity index (χ0v) is 16.4. The third-order valence-corrected chi connectivity index (χ3v) is 6.69. The Balaban J connectivity index is 1.38. The molecule has 142 valence electrons. The third kappa shape index (κ3) is 5.83. The molecular weight excluding hydrogens is 321 g/mol. The van der Waals surface area contributed by atoms with Crippen LogP contribution in [0.4, 0.5) is 4.39 Å². The Morgan fingerprint density at radius 2 is 1.65 bits per heavy atom. The molecule has 2 heteroatoms. The maximum Gasteiger partial charge on any atom is 0.212 e. The van der Waals surface area contributed by atoms with Crippen molar-refractivity contribution < 1.29 is 4.39 Å². The van der Waals surface area contributed by atoms with Gasteiger partial charge in [0.2, 0.25) is 5.95 Å². The van der Waals surface area contributed by atoms with Crippen molar-refractivity contribution in [1.29, 1.82) is 0 Å². The van der Waals surface area contributed by atoms with Crippen LogP contribution in [0, 0.1) is 41.5 Å². The summed E-state index contributed by atoms with van der Waals surface area (Å²) < 4.78 is 12.8. The van der Waals surface area contributed by atoms with Gasteiger partial charge in [-0.15, -0.1) is 0 Å². The van der Waals surface area contributed by atoms with E-state index in [2.05, 4.69) is 23.7 Å². The summed E-state index contributed by atoms with van der Waals surface area (Å²) >= 11 is 0. The van der Waals surface area contributed by atoms with Gasteiger partial charge in [0.15, 0.2) is 0 Å². The van der Waals surface area contributed by atoms with Crippen molar-refractivity contribution in [1.82, 2.24) is 4.98 Å². The molecule has 1 heterocycles. The molecule has 1 aromatic heterocycles. The van der Waals surface area contributed by atoms with Crippen LogP contribution < -0.4 is 0 Å². The van der Waals surface area contributed by atoms with E-state index in [4.69, 9.17) is 0 Å². The third-order valence-electron chi connectivity index (χ3n) is 6.69. The van der Waals surface area contributed by atoms with Gasteiger partial charge >= 0.3 is 0 Å². The Bertz CT molecular complexity index is 581. The first kappa shape index (κ1) is 19.4. The summed E-state index contributed by atoms with van der Waals surface area (Å²) in [5, 5.41) is 0. The van der Waals surface area contributed by atoms with Crippen LogP contribution in [0.3, 0.4) is 0 Å². The molecule has 0 spiro atoms. The van der Waals surface area contributed by atoms with Crippen LogP contribution in [0.25, 0.3) is 0 Å². The lowest BCUT2D eigenvalue weighted by Crippen LogP contribution is -2.25. The lowest BCUT2D eigenvalue weighted by atomic mass is 9.69. The van der Waals surface area contributed by atoms with E-state index in [1.165, 1.54) is 89.3 Å². The molecule has 2 saturated carbocycles. The van der Waals surface area contributed by atoms with Gasteiger partial charge in [0.25, 0.3) is 0 Å². The highest BCUT2D eigenvalue weighted by molar-refractivity contribution is 5.32. The molecule has 0 bridgehead atoms. The molecule has 0 atom stereocenters. The van der Waals surface area contributed by atoms with E-state index in [9.17, 15) is 4.39 Å². The standard InChI is InChI=1S/C24H34FN/c1-2-3-4-5-19-8-13-22(14-9-19)23-15-10-20(11-16-23)6-7-21-12-17-24(25)26-18-21/h12,17-20,22-23H,2-5,8-11,13-16H2,1H3. The van der Waals surface area contributed by atoms with E-state index >= 15 is 0 Å². The lowest BCUT2D eigenvalue weighted by molar-refractivity contribution is 0.153. The first-order valence-electron chi connectivity index (χ1n) is 10.9. The zero-order chi connectivity index (χ0) is 18.2. The minimum absolute atomic E-state index is 0.434. The summed E-state index contributed by atoms with van der Waals surface area (Å²) in [7, 11) is 0. The van der Waals surface area contributed by atoms with Crippen LogP contribution >= 0.6 is 0 Å². The van der Waals surface area contributed by atoms with Gasteiger partial charge in [-0.25, -0.2) is 4.98 Å². The highest BCUT2D eigenvalue weighted by Gasteiger charge is 2.30. The number of aromatic nitrogens is 1. The van der Waals surface area contributed by atoms with Gasteiger partial charge in [-0.1, -0.05) is 57.3 Å². The van der Waals surface area contributed by atoms with Gasteiger partial charge in [0.1, 0.15) is 0 Å². The predicted octanol–water partition coefficient (Wildman–Crippen LogP) is 6.77. The van der Waals surface area contributed by atoms with Gasteiger partial charge in [-0.3, -0.25) is 0 Å². The van der Waals surface area contributed by atoms with E-state index in [1.54, 1.807) is 6.07 Å². The van der Waals surface area contributed by atoms with Gasteiger partial charge < -0.3 is 0 Å². The normalized spacial score (nSPS) is 29.0. The fourth-order valence-corrected chi connectivity index (χ4v) is 5.00. The maximum absolute atomic E-state index is 12.8. The van der Waals surface area contributed by atoms with E-state index in [0.717, 1.165) is 23.3 Å². The number of hydrogen-bond donors (Lipinski definition) is 0. The van der Waals surface area contributed by atoms with Gasteiger partial charge in [-0.2, -0.15) is 4.39 Å². The molecule has 1 aromatic rings. The Kier molecular flexibility index (Phi) is 7.54. The van der Waals surface area contributed by atoms with Crippen LogP contribution in [0.5, 0.6) is 0 Å². The summed E-state index contributed by atoms with van der Waals surface area (Å²) in [6, 6.07) is 3.11. The van der Waals surface area contributed by atoms with Gasteiger partial charge in [-0.05, 0) is 68.4 Å². The minimum atomic E-state index is -0.434. The van der Waals surface area contributed by atoms with Crippen molar-refractivity contribution in [2.75, 3.05) is 0 Å². The monoisotopic (exact) mass is 355 g/mol. The molecule has 1 nitrogen and oxygen atoms in total. The second-order valence-electron chi connectivity index (χ2n) is 8.53. The Morgan fingerprint density at radius 3 is 2.27 bits per heavy atom. The number of unbranched alkanes of at least 4 members (excludes halogenated alkanes) is 2. The Labute approximate surface area is 159 Å². The molecule has 0 aliphatic heterocycles. The van der Waals surface area contributed by atoms with Crippen molar-refractivity contribution in [2.45, 2.75) is 84.0 Å². The Morgan fingerprint density at radius 1 is 0.962 bits per heavy atom. The van der Waals surface area contributed by atoms with Gasteiger partial charge in [0, 0.05) is 17.7 Å². The minimum Gasteiger partial charge on any atom is -0.227 e. The fraction of sp³-hybridized carbons (Fsp3) is 0.708. The first-order chi connectivity index (χ1) is 12.7. The van der Waals surface area contributed by atoms with Crippen LogP contribution in [-0.4, -0.2) is 4.98 Å². The van der Waals surface area contributed by atoms with E-state index in [0.29, 0.717) is 5.92 Å². The molecule has 0 aromatic carbocycles. The second kappa shape index (κ2) is 10.1. The van der Waals surface area contributed by atoms with Gasteiger partial charge in [0.05, 0.1) is 0 Å². The smallest absolute Gasteiger partial charge is 0.212 e. The van der Waals surface area contributed by atoms with Crippen molar-refractivity contribution in [3.05, 3.63) is 29.8 Å². The highest BCUT2D eigenvalue weighted by atomic mass is 19.1. The Hall–Kier alpha value is -1.36. The number of pyridine rings is 1. The number of hydrogen-bond acceptors (Lipinski definition) is 1. The summed E-state index contributed by atoms with van der Waals surface area (Å²) in [4.78, 5) is 3.68. The van der Waals surface area contributed by atoms with E-state index in [1.807, 2.05) is 0 Å². The molecule has 0 unspecified atom stereocenters. The molecule has 0 amide bonds. The topological polar surface area (TPSA) is 12.9 Å². The summed E-state index contributed by atoms with van der Waals surface area (Å²) in [6.07, 6.45) is 18.3. The molecule has 26 heavy (non-hydrogen) atoms. The number of nitrogens with zero attached hydrogens (tertiary/aromatic N) is 1. The molecule has 0 radical (unpaired) electrons. The van der Waals surface area contributed by atoms with Crippen LogP contribution in [0.1, 0.15) is 89.5 Å². The summed E-state index contributed by atoms with van der Waals surface area (Å²) in [5.41, 5.74) is 0.829. The first-order valence-corrected chi connectivity index (χ1v) is 10.9.